The van der Waals surface area contributed by atoms with E-state index in [2.05, 4.69) is 76.3 Å². The Labute approximate surface area is 610 Å². The maximum absolute atomic E-state index is 13.1. The van der Waals surface area contributed by atoms with Gasteiger partial charge in [-0.2, -0.15) is 0 Å². The molecule has 17 nitrogen and oxygen atoms in total. The zero-order chi connectivity index (χ0) is 73.2. The zero-order valence-corrected chi connectivity index (χ0v) is 65.9. The van der Waals surface area contributed by atoms with E-state index in [0.717, 1.165) is 122 Å². The van der Waals surface area contributed by atoms with E-state index in [-0.39, 0.29) is 25.7 Å². The molecule has 0 radical (unpaired) electrons. The lowest BCUT2D eigenvalue weighted by molar-refractivity contribution is -0.161. The molecule has 0 aliphatic rings. The van der Waals surface area contributed by atoms with Crippen molar-refractivity contribution in [2.75, 3.05) is 39.6 Å². The van der Waals surface area contributed by atoms with E-state index in [9.17, 15) is 43.2 Å². The van der Waals surface area contributed by atoms with Gasteiger partial charge in [0.1, 0.15) is 19.3 Å². The summed E-state index contributed by atoms with van der Waals surface area (Å²) >= 11 is 0. The standard InChI is InChI=1S/C81H150O17P2/c1-5-9-13-17-21-25-29-33-36-37-40-44-48-52-56-60-64-68-81(86)98-77(72-92-79(84)66-62-58-54-50-46-42-38-34-30-26-22-18-14-10-6-2)74-96-100(89,90)94-70-75(82)69-93-99(87,88)95-73-76(71-91-78(83)65-61-57-53-49-45-41-32-28-24-20-16-12-8-4)97-80(85)67-63-59-55-51-47-43-39-35-31-27-23-19-15-11-7-3/h26-27,30-31,34-35,38-39,75-77,82H,5-25,28-29,32-33,36-37,40-74H2,1-4H3,(H,87,88)(H,89,90)/b30-26-,31-27-,38-34-,39-35-/t75-,76+,77+/m0/s1. The molecule has 0 aromatic heterocycles. The lowest BCUT2D eigenvalue weighted by Gasteiger charge is -2.21. The molecule has 0 amide bonds. The fraction of sp³-hybridized carbons (Fsp3) is 0.852. The number of carbonyl (C=O) groups excluding carboxylic acids is 4. The molecule has 0 fully saturated rings. The average molecular weight is 1460 g/mol. The molecule has 0 heterocycles. The highest BCUT2D eigenvalue weighted by molar-refractivity contribution is 7.47. The number of ether oxygens (including phenoxy) is 4. The number of allylic oxidation sites excluding steroid dienone is 8. The van der Waals surface area contributed by atoms with Crippen LogP contribution in [0.3, 0.4) is 0 Å². The predicted molar refractivity (Wildman–Crippen MR) is 409 cm³/mol. The van der Waals surface area contributed by atoms with Gasteiger partial charge in [0.05, 0.1) is 26.4 Å². The number of esters is 4. The molecular weight excluding hydrogens is 1310 g/mol. The minimum Gasteiger partial charge on any atom is -0.462 e. The van der Waals surface area contributed by atoms with E-state index in [1.165, 1.54) is 186 Å². The van der Waals surface area contributed by atoms with Crippen LogP contribution in [0.25, 0.3) is 0 Å². The van der Waals surface area contributed by atoms with Gasteiger partial charge < -0.3 is 33.8 Å². The maximum Gasteiger partial charge on any atom is 0.472 e. The van der Waals surface area contributed by atoms with Crippen molar-refractivity contribution < 1.29 is 80.2 Å². The summed E-state index contributed by atoms with van der Waals surface area (Å²) in [7, 11) is -9.94. The van der Waals surface area contributed by atoms with Crippen LogP contribution in [0, 0.1) is 0 Å². The number of carbonyl (C=O) groups is 4. The highest BCUT2D eigenvalue weighted by Gasteiger charge is 2.30. The van der Waals surface area contributed by atoms with Gasteiger partial charge in [-0.05, 0) is 77.0 Å². The molecule has 0 aliphatic carbocycles. The van der Waals surface area contributed by atoms with Gasteiger partial charge in [0, 0.05) is 25.7 Å². The maximum atomic E-state index is 13.1. The second-order valence-corrected chi connectivity index (χ2v) is 30.7. The Balaban J connectivity index is 5.33. The quantitative estimate of drug-likeness (QED) is 0.0169. The van der Waals surface area contributed by atoms with Gasteiger partial charge in [0.15, 0.2) is 12.2 Å². The van der Waals surface area contributed by atoms with Gasteiger partial charge in [-0.15, -0.1) is 0 Å². The van der Waals surface area contributed by atoms with Gasteiger partial charge >= 0.3 is 39.5 Å². The Morgan fingerprint density at radius 2 is 0.480 bits per heavy atom. The van der Waals surface area contributed by atoms with Crippen LogP contribution < -0.4 is 0 Å². The molecule has 0 aromatic rings. The van der Waals surface area contributed by atoms with Crippen LogP contribution in [0.1, 0.15) is 387 Å². The number of hydrogen-bond donors (Lipinski definition) is 3. The van der Waals surface area contributed by atoms with E-state index in [4.69, 9.17) is 37.0 Å². The van der Waals surface area contributed by atoms with E-state index >= 15 is 0 Å². The summed E-state index contributed by atoms with van der Waals surface area (Å²) < 4.78 is 68.6. The zero-order valence-electron chi connectivity index (χ0n) is 64.1. The van der Waals surface area contributed by atoms with Gasteiger partial charge in [-0.1, -0.05) is 333 Å². The molecule has 0 spiro atoms. The van der Waals surface area contributed by atoms with Crippen molar-refractivity contribution in [3.8, 4) is 0 Å². The largest absolute Gasteiger partial charge is 0.472 e. The summed E-state index contributed by atoms with van der Waals surface area (Å²) in [6.07, 6.45) is 72.2. The SMILES string of the molecule is CCCCCC/C=C\C=C/CCCCCCCC(=O)OC[C@H](COP(=O)(O)OC[C@@H](O)COP(=O)(O)OC[C@@H](COC(=O)CCCCCCCCCCCCCCC)OC(=O)CCCCCCC/C=C\C=C/CCCCCC)OC(=O)CCCCCCCCCCCCCCCCCCC. The smallest absolute Gasteiger partial charge is 0.462 e. The van der Waals surface area contributed by atoms with Crippen LogP contribution in [0.15, 0.2) is 48.6 Å². The van der Waals surface area contributed by atoms with E-state index in [0.29, 0.717) is 25.7 Å². The molecule has 2 unspecified atom stereocenters. The van der Waals surface area contributed by atoms with E-state index in [1.54, 1.807) is 0 Å². The molecule has 100 heavy (non-hydrogen) atoms. The summed E-state index contributed by atoms with van der Waals surface area (Å²) in [5.41, 5.74) is 0. The van der Waals surface area contributed by atoms with E-state index < -0.39 is 97.5 Å². The fourth-order valence-electron chi connectivity index (χ4n) is 11.6. The molecule has 0 rings (SSSR count). The van der Waals surface area contributed by atoms with Gasteiger partial charge in [0.25, 0.3) is 0 Å². The van der Waals surface area contributed by atoms with Crippen LogP contribution in [-0.2, 0) is 65.4 Å². The lowest BCUT2D eigenvalue weighted by Crippen LogP contribution is -2.30. The molecule has 3 N–H and O–H groups in total. The molecule has 5 atom stereocenters. The van der Waals surface area contributed by atoms with Crippen LogP contribution in [0.5, 0.6) is 0 Å². The van der Waals surface area contributed by atoms with Crippen molar-refractivity contribution in [2.24, 2.45) is 0 Å². The highest BCUT2D eigenvalue weighted by atomic mass is 31.2. The van der Waals surface area contributed by atoms with Gasteiger partial charge in [-0.25, -0.2) is 9.13 Å². The van der Waals surface area contributed by atoms with Crippen LogP contribution in [0.2, 0.25) is 0 Å². The first-order valence-electron chi connectivity index (χ1n) is 40.9. The van der Waals surface area contributed by atoms with Gasteiger partial charge in [-0.3, -0.25) is 37.3 Å². The van der Waals surface area contributed by atoms with Gasteiger partial charge in [0.2, 0.25) is 0 Å². The number of phosphoric acid groups is 2. The topological polar surface area (TPSA) is 237 Å². The molecule has 19 heteroatoms. The Bertz CT molecular complexity index is 2080. The Kier molecular flexibility index (Phi) is 72.1. The third-order valence-corrected chi connectivity index (χ3v) is 19.8. The lowest BCUT2D eigenvalue weighted by atomic mass is 10.0. The molecule has 586 valence electrons. The van der Waals surface area contributed by atoms with Crippen molar-refractivity contribution in [1.29, 1.82) is 0 Å². The Morgan fingerprint density at radius 1 is 0.280 bits per heavy atom. The second-order valence-electron chi connectivity index (χ2n) is 27.8. The number of hydrogen-bond acceptors (Lipinski definition) is 15. The average Bonchev–Trinajstić information content (AvgIpc) is 0.933. The van der Waals surface area contributed by atoms with Crippen molar-refractivity contribution in [2.45, 2.75) is 406 Å². The third kappa shape index (κ3) is 73.3. The number of phosphoric ester groups is 2. The normalized spacial score (nSPS) is 14.1. The van der Waals surface area contributed by atoms with Crippen molar-refractivity contribution in [1.82, 2.24) is 0 Å². The van der Waals surface area contributed by atoms with Crippen LogP contribution in [-0.4, -0.2) is 96.7 Å². The van der Waals surface area contributed by atoms with Crippen molar-refractivity contribution in [3.63, 3.8) is 0 Å². The predicted octanol–water partition coefficient (Wildman–Crippen LogP) is 23.7. The summed E-state index contributed by atoms with van der Waals surface area (Å²) in [6.45, 7) is 4.90. The summed E-state index contributed by atoms with van der Waals surface area (Å²) in [5.74, 6) is -2.17. The molecule has 0 bridgehead atoms. The summed E-state index contributed by atoms with van der Waals surface area (Å²) in [5, 5.41) is 10.6. The second kappa shape index (κ2) is 74.3. The molecule has 0 aromatic carbocycles. The molecule has 0 saturated carbocycles. The number of aliphatic hydroxyl groups is 1. The molecule has 0 saturated heterocycles. The van der Waals surface area contributed by atoms with Crippen LogP contribution in [0.4, 0.5) is 0 Å². The van der Waals surface area contributed by atoms with Crippen molar-refractivity contribution in [3.05, 3.63) is 48.6 Å². The third-order valence-electron chi connectivity index (χ3n) is 17.9. The Hall–Kier alpha value is -2.98. The minimum absolute atomic E-state index is 0.0836. The fourth-order valence-corrected chi connectivity index (χ4v) is 13.1. The number of unbranched alkanes of at least 4 members (excludes halogenated alkanes) is 46. The summed E-state index contributed by atoms with van der Waals surface area (Å²) in [6, 6.07) is 0. The number of aliphatic hydroxyl groups excluding tert-OH is 1. The van der Waals surface area contributed by atoms with Crippen LogP contribution >= 0.6 is 15.6 Å². The summed E-state index contributed by atoms with van der Waals surface area (Å²) in [4.78, 5) is 73.0. The monoisotopic (exact) mass is 1460 g/mol. The number of rotatable bonds is 78. The van der Waals surface area contributed by atoms with E-state index in [1.807, 2.05) is 0 Å². The Morgan fingerprint density at radius 3 is 0.730 bits per heavy atom. The minimum atomic E-state index is -4.97. The molecule has 0 aliphatic heterocycles. The first-order valence-corrected chi connectivity index (χ1v) is 43.9. The first-order chi connectivity index (χ1) is 48.7. The first kappa shape index (κ1) is 97.0. The highest BCUT2D eigenvalue weighted by Crippen LogP contribution is 2.45. The van der Waals surface area contributed by atoms with Crippen molar-refractivity contribution >= 4 is 39.5 Å². The molecular formula is C81H150O17P2.